The standard InChI is InChI=1S/C34H45N5O6/c1-20(2)29-31(41)36-22(4)32(42)39-18-6-7-27(38-39)30(40)35-21(3)26-11-10-24-9-8-23(19-28(24)37-26)12-15-34(33(43)45-29)16-13-25(44-5)14-17-34/h8-12,15,19-22,25,27,29,38H,6-7,13-14,16-18H2,1-5H3,(H,35,40)(H,36,41)/b15-12+/t21-,22+,25-,27+,29?,34-/m1/s1. The zero-order chi connectivity index (χ0) is 32.3. The van der Waals surface area contributed by atoms with Crippen LogP contribution in [0.5, 0.6) is 0 Å². The number of carbonyl (C=O) groups excluding carboxylic acids is 4. The van der Waals surface area contributed by atoms with Crippen LogP contribution in [0.2, 0.25) is 0 Å². The van der Waals surface area contributed by atoms with Crippen molar-refractivity contribution in [1.82, 2.24) is 26.1 Å². The van der Waals surface area contributed by atoms with Crippen LogP contribution in [0.25, 0.3) is 17.0 Å². The van der Waals surface area contributed by atoms with Crippen molar-refractivity contribution in [2.45, 2.75) is 96.6 Å². The van der Waals surface area contributed by atoms with Gasteiger partial charge in [0.2, 0.25) is 5.91 Å². The van der Waals surface area contributed by atoms with Crippen molar-refractivity contribution in [2.24, 2.45) is 11.3 Å². The molecule has 1 saturated carbocycles. The average molecular weight is 620 g/mol. The predicted octanol–water partition coefficient (Wildman–Crippen LogP) is 3.58. The second kappa shape index (κ2) is 13.7. The van der Waals surface area contributed by atoms with Crippen LogP contribution in [-0.2, 0) is 28.7 Å². The zero-order valence-corrected chi connectivity index (χ0v) is 26.8. The third-order valence-corrected chi connectivity index (χ3v) is 9.30. The fourth-order valence-electron chi connectivity index (χ4n) is 6.37. The van der Waals surface area contributed by atoms with Crippen LogP contribution in [0.3, 0.4) is 0 Å². The third-order valence-electron chi connectivity index (χ3n) is 9.30. The van der Waals surface area contributed by atoms with Gasteiger partial charge in [0.25, 0.3) is 11.8 Å². The van der Waals surface area contributed by atoms with E-state index in [-0.39, 0.29) is 29.9 Å². The van der Waals surface area contributed by atoms with Gasteiger partial charge in [0.05, 0.1) is 28.8 Å². The molecule has 1 saturated heterocycles. The first-order valence-corrected chi connectivity index (χ1v) is 16.0. The molecule has 4 atom stereocenters. The summed E-state index contributed by atoms with van der Waals surface area (Å²) in [5, 5.41) is 8.14. The summed E-state index contributed by atoms with van der Waals surface area (Å²) in [5.74, 6) is -1.95. The number of fused-ring (bicyclic) bond motifs is 4. The summed E-state index contributed by atoms with van der Waals surface area (Å²) in [6, 6.07) is 7.90. The molecule has 3 heterocycles. The van der Waals surface area contributed by atoms with E-state index in [1.54, 1.807) is 14.0 Å². The summed E-state index contributed by atoms with van der Waals surface area (Å²) in [5.41, 5.74) is 4.44. The van der Waals surface area contributed by atoms with E-state index >= 15 is 0 Å². The zero-order valence-electron chi connectivity index (χ0n) is 26.8. The Bertz CT molecular complexity index is 1470. The first kappa shape index (κ1) is 32.6. The number of esters is 1. The summed E-state index contributed by atoms with van der Waals surface area (Å²) < 4.78 is 11.6. The predicted molar refractivity (Wildman–Crippen MR) is 169 cm³/mol. The molecule has 1 unspecified atom stereocenters. The minimum Gasteiger partial charge on any atom is -0.451 e. The Balaban J connectivity index is 1.53. The number of hydrogen-bond acceptors (Lipinski definition) is 8. The molecule has 5 rings (SSSR count). The summed E-state index contributed by atoms with van der Waals surface area (Å²) in [6.45, 7) is 7.48. The highest BCUT2D eigenvalue weighted by Crippen LogP contribution is 2.41. The topological polar surface area (TPSA) is 139 Å². The van der Waals surface area contributed by atoms with Crippen LogP contribution < -0.4 is 16.1 Å². The Morgan fingerprint density at radius 1 is 0.978 bits per heavy atom. The number of rotatable bonds is 2. The van der Waals surface area contributed by atoms with Crippen molar-refractivity contribution in [3.63, 3.8) is 0 Å². The number of pyridine rings is 1. The summed E-state index contributed by atoms with van der Waals surface area (Å²) in [7, 11) is 1.68. The second-order valence-corrected chi connectivity index (χ2v) is 13.0. The van der Waals surface area contributed by atoms with E-state index in [0.717, 1.165) is 16.5 Å². The lowest BCUT2D eigenvalue weighted by Crippen LogP contribution is -2.61. The Labute approximate surface area is 264 Å². The van der Waals surface area contributed by atoms with E-state index in [4.69, 9.17) is 14.5 Å². The number of hydrazine groups is 1. The number of benzene rings is 1. The molecule has 11 nitrogen and oxygen atoms in total. The lowest BCUT2D eigenvalue weighted by atomic mass is 9.72. The lowest BCUT2D eigenvalue weighted by Gasteiger charge is -2.37. The number of ether oxygens (including phenoxy) is 2. The van der Waals surface area contributed by atoms with Crippen molar-refractivity contribution >= 4 is 40.7 Å². The first-order valence-electron chi connectivity index (χ1n) is 16.0. The molecule has 5 bridgehead atoms. The number of hydrogen-bond donors (Lipinski definition) is 3. The Kier molecular flexibility index (Phi) is 9.88. The number of amides is 3. The van der Waals surface area contributed by atoms with Crippen LogP contribution in [0.1, 0.15) is 83.5 Å². The van der Waals surface area contributed by atoms with Crippen molar-refractivity contribution < 1.29 is 28.7 Å². The molecular formula is C34H45N5O6. The molecule has 3 amide bonds. The summed E-state index contributed by atoms with van der Waals surface area (Å²) in [6.07, 6.45) is 6.33. The van der Waals surface area contributed by atoms with Gasteiger partial charge in [0.15, 0.2) is 6.10 Å². The number of nitrogens with one attached hydrogen (secondary N) is 3. The molecule has 242 valence electrons. The second-order valence-electron chi connectivity index (χ2n) is 13.0. The Morgan fingerprint density at radius 2 is 1.69 bits per heavy atom. The van der Waals surface area contributed by atoms with E-state index in [1.165, 1.54) is 5.01 Å². The van der Waals surface area contributed by atoms with Crippen LogP contribution in [0.15, 0.2) is 36.4 Å². The number of aromatic nitrogens is 1. The lowest BCUT2D eigenvalue weighted by molar-refractivity contribution is -0.169. The number of nitrogens with zero attached hydrogens (tertiary/aromatic N) is 2. The highest BCUT2D eigenvalue weighted by atomic mass is 16.6. The average Bonchev–Trinajstić information content (AvgIpc) is 3.04. The molecule has 1 aromatic carbocycles. The van der Waals surface area contributed by atoms with Gasteiger partial charge in [0.1, 0.15) is 12.1 Å². The van der Waals surface area contributed by atoms with Crippen LogP contribution in [0.4, 0.5) is 0 Å². The van der Waals surface area contributed by atoms with E-state index in [0.29, 0.717) is 50.8 Å². The minimum atomic E-state index is -1.09. The maximum absolute atomic E-state index is 14.0. The molecule has 2 fully saturated rings. The van der Waals surface area contributed by atoms with Gasteiger partial charge in [-0.1, -0.05) is 44.2 Å². The van der Waals surface area contributed by atoms with Gasteiger partial charge in [0, 0.05) is 19.0 Å². The van der Waals surface area contributed by atoms with Gasteiger partial charge in [-0.25, -0.2) is 5.43 Å². The Morgan fingerprint density at radius 3 is 2.40 bits per heavy atom. The maximum Gasteiger partial charge on any atom is 0.316 e. The molecule has 1 spiro atoms. The van der Waals surface area contributed by atoms with E-state index in [9.17, 15) is 19.2 Å². The van der Waals surface area contributed by atoms with Gasteiger partial charge < -0.3 is 20.1 Å². The Hall–Kier alpha value is -3.83. The smallest absolute Gasteiger partial charge is 0.316 e. The fraction of sp³-hybridized carbons (Fsp3) is 0.559. The van der Waals surface area contributed by atoms with Crippen molar-refractivity contribution in [3.8, 4) is 0 Å². The molecule has 2 aromatic rings. The van der Waals surface area contributed by atoms with Crippen molar-refractivity contribution in [2.75, 3.05) is 13.7 Å². The first-order chi connectivity index (χ1) is 21.5. The number of methoxy groups -OCH3 is 1. The normalized spacial score (nSPS) is 31.1. The van der Waals surface area contributed by atoms with Gasteiger partial charge in [-0.15, -0.1) is 0 Å². The minimum absolute atomic E-state index is 0.0480. The van der Waals surface area contributed by atoms with Crippen molar-refractivity contribution in [3.05, 3.63) is 47.7 Å². The van der Waals surface area contributed by atoms with Gasteiger partial charge in [-0.3, -0.25) is 29.2 Å². The molecule has 3 N–H and O–H groups in total. The molecule has 2 aliphatic heterocycles. The van der Waals surface area contributed by atoms with Crippen molar-refractivity contribution in [1.29, 1.82) is 0 Å². The van der Waals surface area contributed by atoms with Gasteiger partial charge in [-0.05, 0) is 76.0 Å². The van der Waals surface area contributed by atoms with Gasteiger partial charge in [-0.2, -0.15) is 0 Å². The van der Waals surface area contributed by atoms with E-state index < -0.39 is 35.5 Å². The highest BCUT2D eigenvalue weighted by molar-refractivity contribution is 5.92. The molecular weight excluding hydrogens is 574 g/mol. The number of carbonyl (C=O) groups is 4. The third kappa shape index (κ3) is 7.20. The van der Waals surface area contributed by atoms with E-state index in [2.05, 4.69) is 16.1 Å². The molecule has 11 heteroatoms. The maximum atomic E-state index is 14.0. The largest absolute Gasteiger partial charge is 0.451 e. The van der Waals surface area contributed by atoms with Crippen LogP contribution >= 0.6 is 0 Å². The SMILES string of the molecule is CO[C@H]1CC[C@@]2(/C=C/c3ccc4ccc(nc4c3)[C@@H](C)NC(=O)[C@@H]3CCCN(N3)C(=O)[C@H](C)NC(=O)C(C(C)C)OC2=O)CC1. The highest BCUT2D eigenvalue weighted by Gasteiger charge is 2.44. The summed E-state index contributed by atoms with van der Waals surface area (Å²) >= 11 is 0. The fourth-order valence-corrected chi connectivity index (χ4v) is 6.37. The molecule has 3 aliphatic rings. The quantitative estimate of drug-likeness (QED) is 0.434. The molecule has 45 heavy (non-hydrogen) atoms. The summed E-state index contributed by atoms with van der Waals surface area (Å²) in [4.78, 5) is 59.0. The van der Waals surface area contributed by atoms with Gasteiger partial charge >= 0.3 is 5.97 Å². The number of cyclic esters (lactones) is 1. The molecule has 1 aliphatic carbocycles. The van der Waals surface area contributed by atoms with Crippen LogP contribution in [-0.4, -0.2) is 71.6 Å². The molecule has 0 radical (unpaired) electrons. The van der Waals surface area contributed by atoms with E-state index in [1.807, 2.05) is 63.3 Å². The monoisotopic (exact) mass is 619 g/mol. The van der Waals surface area contributed by atoms with Crippen LogP contribution in [0, 0.1) is 11.3 Å². The molecule has 1 aromatic heterocycles.